The maximum absolute atomic E-state index is 12.3. The van der Waals surface area contributed by atoms with Crippen molar-refractivity contribution in [3.63, 3.8) is 0 Å². The highest BCUT2D eigenvalue weighted by atomic mass is 79.9. The minimum atomic E-state index is -4.53. The summed E-state index contributed by atoms with van der Waals surface area (Å²) >= 11 is 3.19. The van der Waals surface area contributed by atoms with Crippen molar-refractivity contribution in [1.82, 2.24) is 9.97 Å². The van der Waals surface area contributed by atoms with E-state index in [2.05, 4.69) is 31.2 Å². The fraction of sp³-hybridized carbons (Fsp3) is 0.0833. The van der Waals surface area contributed by atoms with Gasteiger partial charge in [-0.2, -0.15) is 13.2 Å². The minimum Gasteiger partial charge on any atom is -0.306 e. The molecule has 0 spiro atoms. The van der Waals surface area contributed by atoms with Crippen molar-refractivity contribution in [2.45, 2.75) is 6.18 Å². The largest absolute Gasteiger partial charge is 0.433 e. The summed E-state index contributed by atoms with van der Waals surface area (Å²) in [4.78, 5) is 19.0. The summed E-state index contributed by atoms with van der Waals surface area (Å²) in [5.74, 6) is -0.317. The van der Waals surface area contributed by atoms with Gasteiger partial charge in [0.15, 0.2) is 0 Å². The molecule has 0 aliphatic heterocycles. The molecule has 2 heterocycles. The SMILES string of the molecule is O=C(Nc1ncccc1Br)c1ccc(C(F)(F)F)nc1. The fourth-order valence-electron chi connectivity index (χ4n) is 1.35. The van der Waals surface area contributed by atoms with Crippen molar-refractivity contribution in [3.05, 3.63) is 52.4 Å². The van der Waals surface area contributed by atoms with E-state index in [4.69, 9.17) is 0 Å². The Bertz CT molecular complexity index is 629. The number of rotatable bonds is 2. The first-order valence-electron chi connectivity index (χ1n) is 5.33. The highest BCUT2D eigenvalue weighted by Gasteiger charge is 2.32. The molecule has 1 amide bonds. The Morgan fingerprint density at radius 1 is 1.20 bits per heavy atom. The van der Waals surface area contributed by atoms with Gasteiger partial charge in [0.2, 0.25) is 0 Å². The van der Waals surface area contributed by atoms with Gasteiger partial charge in [-0.15, -0.1) is 0 Å². The topological polar surface area (TPSA) is 54.9 Å². The summed E-state index contributed by atoms with van der Waals surface area (Å²) in [6.45, 7) is 0. The average Bonchev–Trinajstić information content (AvgIpc) is 2.40. The first kappa shape index (κ1) is 14.4. The summed E-state index contributed by atoms with van der Waals surface area (Å²) in [6.07, 6.45) is -2.18. The maximum Gasteiger partial charge on any atom is 0.433 e. The molecule has 0 saturated carbocycles. The highest BCUT2D eigenvalue weighted by Crippen LogP contribution is 2.27. The van der Waals surface area contributed by atoms with E-state index >= 15 is 0 Å². The van der Waals surface area contributed by atoms with Crippen LogP contribution in [-0.2, 0) is 6.18 Å². The zero-order valence-corrected chi connectivity index (χ0v) is 11.4. The number of carbonyl (C=O) groups is 1. The number of amides is 1. The van der Waals surface area contributed by atoms with Gasteiger partial charge in [0, 0.05) is 12.4 Å². The van der Waals surface area contributed by atoms with E-state index < -0.39 is 17.8 Å². The Balaban J connectivity index is 2.16. The molecular formula is C12H7BrF3N3O. The molecule has 20 heavy (non-hydrogen) atoms. The normalized spacial score (nSPS) is 11.2. The van der Waals surface area contributed by atoms with Crippen molar-refractivity contribution in [2.24, 2.45) is 0 Å². The predicted octanol–water partition coefficient (Wildman–Crippen LogP) is 3.51. The molecule has 0 saturated heterocycles. The maximum atomic E-state index is 12.3. The molecule has 4 nitrogen and oxygen atoms in total. The summed E-state index contributed by atoms with van der Waals surface area (Å²) in [6, 6.07) is 5.15. The molecule has 0 bridgehead atoms. The second kappa shape index (κ2) is 5.58. The zero-order valence-electron chi connectivity index (χ0n) is 9.78. The Morgan fingerprint density at radius 2 is 1.95 bits per heavy atom. The summed E-state index contributed by atoms with van der Waals surface area (Å²) in [5, 5.41) is 2.47. The molecule has 0 aromatic carbocycles. The van der Waals surface area contributed by atoms with Crippen LogP contribution in [0.3, 0.4) is 0 Å². The molecule has 0 atom stereocenters. The van der Waals surface area contributed by atoms with Crippen molar-refractivity contribution >= 4 is 27.7 Å². The molecule has 0 radical (unpaired) electrons. The van der Waals surface area contributed by atoms with Crippen molar-refractivity contribution in [1.29, 1.82) is 0 Å². The molecule has 0 aliphatic carbocycles. The highest BCUT2D eigenvalue weighted by molar-refractivity contribution is 9.10. The number of halogens is 4. The van der Waals surface area contributed by atoms with Gasteiger partial charge < -0.3 is 5.32 Å². The number of nitrogens with zero attached hydrogens (tertiary/aromatic N) is 2. The average molecular weight is 346 g/mol. The van der Waals surface area contributed by atoms with Crippen LogP contribution in [-0.4, -0.2) is 15.9 Å². The van der Waals surface area contributed by atoms with E-state index in [9.17, 15) is 18.0 Å². The van der Waals surface area contributed by atoms with Crippen LogP contribution in [0.15, 0.2) is 41.1 Å². The number of alkyl halides is 3. The Hall–Kier alpha value is -1.96. The Labute approximate surface area is 120 Å². The van der Waals surface area contributed by atoms with Crippen LogP contribution in [0.1, 0.15) is 16.1 Å². The van der Waals surface area contributed by atoms with Gasteiger partial charge in [-0.1, -0.05) is 0 Å². The van der Waals surface area contributed by atoms with E-state index in [1.54, 1.807) is 12.1 Å². The van der Waals surface area contributed by atoms with Gasteiger partial charge in [-0.05, 0) is 40.2 Å². The van der Waals surface area contributed by atoms with E-state index in [1.807, 2.05) is 0 Å². The van der Waals surface area contributed by atoms with Crippen LogP contribution in [0.4, 0.5) is 19.0 Å². The third-order valence-corrected chi connectivity index (χ3v) is 2.95. The second-order valence-electron chi connectivity index (χ2n) is 3.72. The zero-order chi connectivity index (χ0) is 14.8. The fourth-order valence-corrected chi connectivity index (χ4v) is 1.71. The number of aromatic nitrogens is 2. The number of hydrogen-bond donors (Lipinski definition) is 1. The Morgan fingerprint density at radius 3 is 2.50 bits per heavy atom. The molecule has 2 rings (SSSR count). The van der Waals surface area contributed by atoms with E-state index in [0.29, 0.717) is 4.47 Å². The van der Waals surface area contributed by atoms with E-state index in [-0.39, 0.29) is 11.4 Å². The Kier molecular flexibility index (Phi) is 4.03. The van der Waals surface area contributed by atoms with Crippen LogP contribution < -0.4 is 5.32 Å². The van der Waals surface area contributed by atoms with Crippen molar-refractivity contribution in [2.75, 3.05) is 5.32 Å². The molecule has 104 valence electrons. The van der Waals surface area contributed by atoms with Crippen LogP contribution in [0.2, 0.25) is 0 Å². The van der Waals surface area contributed by atoms with Crippen molar-refractivity contribution < 1.29 is 18.0 Å². The van der Waals surface area contributed by atoms with Gasteiger partial charge in [0.1, 0.15) is 11.5 Å². The predicted molar refractivity (Wildman–Crippen MR) is 69.1 cm³/mol. The summed E-state index contributed by atoms with van der Waals surface area (Å²) in [5.41, 5.74) is -1.04. The van der Waals surface area contributed by atoms with Crippen LogP contribution in [0, 0.1) is 0 Å². The lowest BCUT2D eigenvalue weighted by molar-refractivity contribution is -0.141. The van der Waals surface area contributed by atoms with Crippen LogP contribution in [0.5, 0.6) is 0 Å². The van der Waals surface area contributed by atoms with Crippen LogP contribution in [0.25, 0.3) is 0 Å². The number of nitrogens with one attached hydrogen (secondary N) is 1. The quantitative estimate of drug-likeness (QED) is 0.906. The first-order valence-corrected chi connectivity index (χ1v) is 6.12. The number of pyridine rings is 2. The molecule has 2 aromatic heterocycles. The van der Waals surface area contributed by atoms with Gasteiger partial charge in [-0.3, -0.25) is 9.78 Å². The summed E-state index contributed by atoms with van der Waals surface area (Å²) < 4.78 is 37.6. The van der Waals surface area contributed by atoms with E-state index in [1.165, 1.54) is 6.20 Å². The van der Waals surface area contributed by atoms with Gasteiger partial charge in [0.05, 0.1) is 10.0 Å². The number of anilines is 1. The van der Waals surface area contributed by atoms with Crippen molar-refractivity contribution in [3.8, 4) is 0 Å². The molecule has 0 fully saturated rings. The molecule has 0 aliphatic rings. The van der Waals surface area contributed by atoms with Gasteiger partial charge >= 0.3 is 6.18 Å². The number of carbonyl (C=O) groups excluding carboxylic acids is 1. The van der Waals surface area contributed by atoms with Gasteiger partial charge in [-0.25, -0.2) is 4.98 Å². The minimum absolute atomic E-state index is 0.00977. The van der Waals surface area contributed by atoms with Gasteiger partial charge in [0.25, 0.3) is 5.91 Å². The lowest BCUT2D eigenvalue weighted by Crippen LogP contribution is -2.15. The number of hydrogen-bond acceptors (Lipinski definition) is 3. The molecular weight excluding hydrogens is 339 g/mol. The third-order valence-electron chi connectivity index (χ3n) is 2.31. The molecule has 1 N–H and O–H groups in total. The molecule has 0 unspecified atom stereocenters. The summed E-state index contributed by atoms with van der Waals surface area (Å²) in [7, 11) is 0. The lowest BCUT2D eigenvalue weighted by Gasteiger charge is -2.08. The smallest absolute Gasteiger partial charge is 0.306 e. The third kappa shape index (κ3) is 3.32. The standard InChI is InChI=1S/C12H7BrF3N3O/c13-8-2-1-5-17-10(8)19-11(20)7-3-4-9(18-6-7)12(14,15)16/h1-6H,(H,17,19,20). The van der Waals surface area contributed by atoms with Crippen LogP contribution >= 0.6 is 15.9 Å². The molecule has 8 heteroatoms. The lowest BCUT2D eigenvalue weighted by atomic mass is 10.2. The first-order chi connectivity index (χ1) is 9.38. The van der Waals surface area contributed by atoms with E-state index in [0.717, 1.165) is 18.3 Å². The second-order valence-corrected chi connectivity index (χ2v) is 4.57. The monoisotopic (exact) mass is 345 g/mol. The molecule has 2 aromatic rings.